The molecule has 1 aliphatic heterocycles. The molecule has 0 aromatic carbocycles. The molecule has 0 radical (unpaired) electrons. The van der Waals surface area contributed by atoms with Gasteiger partial charge in [-0.25, -0.2) is 4.39 Å². The van der Waals surface area contributed by atoms with Crippen LogP contribution in [0.25, 0.3) is 0 Å². The first-order chi connectivity index (χ1) is 7.41. The summed E-state index contributed by atoms with van der Waals surface area (Å²) in [5, 5.41) is 2.66. The molecule has 1 saturated heterocycles. The maximum atomic E-state index is 13.5. The van der Waals surface area contributed by atoms with E-state index in [0.717, 1.165) is 6.42 Å². The summed E-state index contributed by atoms with van der Waals surface area (Å²) in [6.07, 6.45) is 0.174. The van der Waals surface area contributed by atoms with Crippen molar-refractivity contribution in [3.05, 3.63) is 0 Å². The van der Waals surface area contributed by atoms with Crippen LogP contribution in [0.3, 0.4) is 0 Å². The first-order valence-electron chi connectivity index (χ1n) is 5.99. The Morgan fingerprint density at radius 3 is 2.62 bits per heavy atom. The summed E-state index contributed by atoms with van der Waals surface area (Å²) in [5.41, 5.74) is -0.211. The Bertz CT molecular complexity index is 261. The van der Waals surface area contributed by atoms with Gasteiger partial charge in [0.2, 0.25) is 0 Å². The normalized spacial score (nSPS) is 30.6. The summed E-state index contributed by atoms with van der Waals surface area (Å²) in [4.78, 5) is 11.2. The molecule has 96 valence electrons. The van der Waals surface area contributed by atoms with Crippen molar-refractivity contribution in [3.8, 4) is 0 Å². The fourth-order valence-electron chi connectivity index (χ4n) is 1.84. The zero-order chi connectivity index (χ0) is 12.3. The van der Waals surface area contributed by atoms with Crippen molar-refractivity contribution >= 4 is 5.91 Å². The molecule has 3 atom stereocenters. The van der Waals surface area contributed by atoms with Gasteiger partial charge < -0.3 is 10.1 Å². The van der Waals surface area contributed by atoms with Crippen LogP contribution in [-0.4, -0.2) is 30.3 Å². The second kappa shape index (κ2) is 5.13. The van der Waals surface area contributed by atoms with Crippen LogP contribution < -0.4 is 5.32 Å². The van der Waals surface area contributed by atoms with Crippen LogP contribution in [0.4, 0.5) is 4.39 Å². The molecule has 1 fully saturated rings. The first-order valence-corrected chi connectivity index (χ1v) is 5.99. The average Bonchev–Trinajstić information content (AvgIpc) is 2.52. The summed E-state index contributed by atoms with van der Waals surface area (Å²) in [6.45, 7) is 8.33. The number of carbonyl (C=O) groups is 1. The van der Waals surface area contributed by atoms with Gasteiger partial charge in [0.05, 0.1) is 18.2 Å². The highest BCUT2D eigenvalue weighted by atomic mass is 19.1. The predicted molar refractivity (Wildman–Crippen MR) is 63.0 cm³/mol. The molecule has 3 nitrogen and oxygen atoms in total. The van der Waals surface area contributed by atoms with Gasteiger partial charge in [-0.1, -0.05) is 13.8 Å². The van der Waals surface area contributed by atoms with E-state index in [4.69, 9.17) is 4.74 Å². The number of rotatable bonds is 5. The molecule has 1 rings (SSSR count). The van der Waals surface area contributed by atoms with E-state index in [0.29, 0.717) is 13.0 Å². The number of hydrogen-bond donors (Lipinski definition) is 1. The summed E-state index contributed by atoms with van der Waals surface area (Å²) in [7, 11) is 0. The van der Waals surface area contributed by atoms with E-state index in [2.05, 4.69) is 5.32 Å². The molecule has 4 heteroatoms. The molecule has 0 spiro atoms. The Kier molecular flexibility index (Phi) is 4.30. The highest BCUT2D eigenvalue weighted by Gasteiger charge is 2.41. The number of halogens is 1. The van der Waals surface area contributed by atoms with E-state index in [1.54, 1.807) is 0 Å². The van der Waals surface area contributed by atoms with Crippen LogP contribution in [0.1, 0.15) is 42.0 Å². The van der Waals surface area contributed by atoms with Gasteiger partial charge in [0.1, 0.15) is 0 Å². The molecular formula is C12H24FNO2. The van der Waals surface area contributed by atoms with E-state index in [-0.39, 0.29) is 19.0 Å². The van der Waals surface area contributed by atoms with Gasteiger partial charge in [0.15, 0.2) is 6.17 Å². The summed E-state index contributed by atoms with van der Waals surface area (Å²) in [5.74, 6) is -0.741. The standard InChI is InChI=1S/C12H22FNO2.H2/c1-5-8-9(14-11(15)10(8)13)7-16-12(3,4)6-2;/h8-10H,5-7H2,1-4H3,(H,14,15);1H/t8-,9+,10-;/m0./s1. The van der Waals surface area contributed by atoms with Crippen molar-refractivity contribution in [2.75, 3.05) is 6.61 Å². The van der Waals surface area contributed by atoms with Crippen molar-refractivity contribution in [1.82, 2.24) is 5.32 Å². The third-order valence-electron chi connectivity index (χ3n) is 3.45. The number of ether oxygens (including phenoxy) is 1. The molecule has 1 heterocycles. The first kappa shape index (κ1) is 13.4. The second-order valence-corrected chi connectivity index (χ2v) is 5.01. The smallest absolute Gasteiger partial charge is 0.255 e. The maximum absolute atomic E-state index is 13.5. The lowest BCUT2D eigenvalue weighted by atomic mass is 9.96. The van der Waals surface area contributed by atoms with Crippen LogP contribution in [0, 0.1) is 5.92 Å². The van der Waals surface area contributed by atoms with Crippen molar-refractivity contribution in [2.24, 2.45) is 5.92 Å². The molecule has 0 aromatic heterocycles. The predicted octanol–water partition coefficient (Wildman–Crippen LogP) is 2.30. The zero-order valence-electron chi connectivity index (χ0n) is 10.5. The van der Waals surface area contributed by atoms with Crippen LogP contribution >= 0.6 is 0 Å². The minimum Gasteiger partial charge on any atom is -0.373 e. The van der Waals surface area contributed by atoms with E-state index < -0.39 is 12.1 Å². The van der Waals surface area contributed by atoms with Crippen molar-refractivity contribution < 1.29 is 15.3 Å². The Hall–Kier alpha value is -0.640. The zero-order valence-corrected chi connectivity index (χ0v) is 10.5. The topological polar surface area (TPSA) is 38.3 Å². The van der Waals surface area contributed by atoms with Gasteiger partial charge in [0.25, 0.3) is 5.91 Å². The van der Waals surface area contributed by atoms with E-state index in [1.807, 2.05) is 27.7 Å². The minimum absolute atomic E-state index is 0. The van der Waals surface area contributed by atoms with Gasteiger partial charge >= 0.3 is 0 Å². The lowest BCUT2D eigenvalue weighted by Crippen LogP contribution is -2.37. The molecule has 0 saturated carbocycles. The van der Waals surface area contributed by atoms with Crippen LogP contribution in [0.2, 0.25) is 0 Å². The quantitative estimate of drug-likeness (QED) is 0.791. The van der Waals surface area contributed by atoms with Gasteiger partial charge in [-0.15, -0.1) is 0 Å². The molecule has 1 amide bonds. The number of hydrogen-bond acceptors (Lipinski definition) is 2. The fourth-order valence-corrected chi connectivity index (χ4v) is 1.84. The molecular weight excluding hydrogens is 209 g/mol. The van der Waals surface area contributed by atoms with Gasteiger partial charge in [-0.2, -0.15) is 0 Å². The van der Waals surface area contributed by atoms with E-state index in [9.17, 15) is 9.18 Å². The Morgan fingerprint density at radius 2 is 2.12 bits per heavy atom. The van der Waals surface area contributed by atoms with Gasteiger partial charge in [0, 0.05) is 7.34 Å². The third-order valence-corrected chi connectivity index (χ3v) is 3.45. The molecule has 1 aliphatic rings. The summed E-state index contributed by atoms with van der Waals surface area (Å²) >= 11 is 0. The fraction of sp³-hybridized carbons (Fsp3) is 0.917. The van der Waals surface area contributed by atoms with Crippen LogP contribution in [0.5, 0.6) is 0 Å². The van der Waals surface area contributed by atoms with Gasteiger partial charge in [-0.3, -0.25) is 4.79 Å². The Labute approximate surface area is 98.2 Å². The third kappa shape index (κ3) is 2.94. The Morgan fingerprint density at radius 1 is 1.50 bits per heavy atom. The van der Waals surface area contributed by atoms with Crippen molar-refractivity contribution in [1.29, 1.82) is 0 Å². The highest BCUT2D eigenvalue weighted by Crippen LogP contribution is 2.25. The molecule has 16 heavy (non-hydrogen) atoms. The monoisotopic (exact) mass is 233 g/mol. The number of carbonyl (C=O) groups excluding carboxylic acids is 1. The Balaban J connectivity index is 0.00000256. The highest BCUT2D eigenvalue weighted by molar-refractivity contribution is 5.83. The molecule has 0 aromatic rings. The molecule has 0 aliphatic carbocycles. The van der Waals surface area contributed by atoms with Gasteiger partial charge in [-0.05, 0) is 26.7 Å². The van der Waals surface area contributed by atoms with Crippen LogP contribution in [0.15, 0.2) is 0 Å². The SMILES string of the molecule is CC[C@@H]1[C@H](F)C(=O)N[C@@H]1COC(C)(C)CC.[HH]. The second-order valence-electron chi connectivity index (χ2n) is 5.01. The molecule has 0 bridgehead atoms. The summed E-state index contributed by atoms with van der Waals surface area (Å²) < 4.78 is 19.2. The largest absolute Gasteiger partial charge is 0.373 e. The lowest BCUT2D eigenvalue weighted by molar-refractivity contribution is -0.124. The maximum Gasteiger partial charge on any atom is 0.255 e. The molecule has 1 N–H and O–H groups in total. The number of amides is 1. The number of nitrogens with one attached hydrogen (secondary N) is 1. The average molecular weight is 233 g/mol. The van der Waals surface area contributed by atoms with E-state index >= 15 is 0 Å². The van der Waals surface area contributed by atoms with Crippen LogP contribution in [-0.2, 0) is 9.53 Å². The number of alkyl halides is 1. The minimum atomic E-state index is -1.37. The summed E-state index contributed by atoms with van der Waals surface area (Å²) in [6, 6.07) is -0.182. The lowest BCUT2D eigenvalue weighted by Gasteiger charge is -2.27. The van der Waals surface area contributed by atoms with E-state index in [1.165, 1.54) is 0 Å². The van der Waals surface area contributed by atoms with Crippen molar-refractivity contribution in [2.45, 2.75) is 58.4 Å². The van der Waals surface area contributed by atoms with Crippen molar-refractivity contribution in [3.63, 3.8) is 0 Å². The molecule has 0 unspecified atom stereocenters.